The summed E-state index contributed by atoms with van der Waals surface area (Å²) in [6.45, 7) is 2.03. The summed E-state index contributed by atoms with van der Waals surface area (Å²) in [5.74, 6) is 0. The number of thiophene rings is 1. The lowest BCUT2D eigenvalue weighted by molar-refractivity contribution is 0.670. The van der Waals surface area contributed by atoms with Crippen molar-refractivity contribution in [3.63, 3.8) is 0 Å². The van der Waals surface area contributed by atoms with Gasteiger partial charge in [0.2, 0.25) is 0 Å². The number of nitrogens with two attached hydrogens (primary N) is 1. The van der Waals surface area contributed by atoms with Gasteiger partial charge in [0.15, 0.2) is 0 Å². The van der Waals surface area contributed by atoms with Crippen molar-refractivity contribution in [2.45, 2.75) is 25.8 Å². The van der Waals surface area contributed by atoms with Gasteiger partial charge in [0.25, 0.3) is 0 Å². The van der Waals surface area contributed by atoms with Gasteiger partial charge in [0.05, 0.1) is 10.2 Å². The molecule has 2 rings (SSSR count). The largest absolute Gasteiger partial charge is 0.328 e. The van der Waals surface area contributed by atoms with Crippen molar-refractivity contribution in [3.05, 3.63) is 28.2 Å². The molecular formula is C11H13ClN2S. The molecule has 2 heterocycles. The molecule has 0 saturated carbocycles. The van der Waals surface area contributed by atoms with E-state index in [0.29, 0.717) is 5.15 Å². The number of halogens is 1. The fourth-order valence-corrected chi connectivity index (χ4v) is 2.62. The molecule has 0 radical (unpaired) electrons. The number of aryl methyl sites for hydroxylation is 1. The lowest BCUT2D eigenvalue weighted by atomic mass is 10.2. The second-order valence-corrected chi connectivity index (χ2v) is 5.30. The van der Waals surface area contributed by atoms with E-state index in [2.05, 4.69) is 11.1 Å². The predicted octanol–water partition coefficient (Wildman–Crippen LogP) is 3.23. The fraction of sp³-hybridized carbons (Fsp3) is 0.364. The zero-order chi connectivity index (χ0) is 10.8. The molecule has 0 amide bonds. The Morgan fingerprint density at radius 1 is 1.53 bits per heavy atom. The van der Waals surface area contributed by atoms with Gasteiger partial charge >= 0.3 is 0 Å². The number of hydrogen-bond donors (Lipinski definition) is 1. The molecule has 2 nitrogen and oxygen atoms in total. The highest BCUT2D eigenvalue weighted by Gasteiger charge is 2.04. The van der Waals surface area contributed by atoms with Gasteiger partial charge in [-0.3, -0.25) is 0 Å². The smallest absolute Gasteiger partial charge is 0.129 e. The number of hydrogen-bond acceptors (Lipinski definition) is 3. The molecule has 0 unspecified atom stereocenters. The van der Waals surface area contributed by atoms with Crippen molar-refractivity contribution < 1.29 is 0 Å². The molecule has 0 spiro atoms. The van der Waals surface area contributed by atoms with Gasteiger partial charge in [-0.15, -0.1) is 11.3 Å². The molecule has 0 aliphatic heterocycles. The molecule has 0 aliphatic rings. The Kier molecular flexibility index (Phi) is 3.24. The molecule has 80 valence electrons. The Bertz CT molecular complexity index is 465. The number of pyridine rings is 1. The molecule has 0 aliphatic carbocycles. The predicted molar refractivity (Wildman–Crippen MR) is 66.6 cm³/mol. The second-order valence-electron chi connectivity index (χ2n) is 3.75. The van der Waals surface area contributed by atoms with E-state index in [1.54, 1.807) is 11.3 Å². The molecule has 2 aromatic rings. The molecule has 2 aromatic heterocycles. The van der Waals surface area contributed by atoms with Gasteiger partial charge in [0.1, 0.15) is 5.15 Å². The van der Waals surface area contributed by atoms with Crippen LogP contribution in [0.2, 0.25) is 5.15 Å². The maximum Gasteiger partial charge on any atom is 0.129 e. The summed E-state index contributed by atoms with van der Waals surface area (Å²) < 4.78 is 1.19. The Labute approximate surface area is 98.1 Å². The first-order chi connectivity index (χ1) is 7.15. The highest BCUT2D eigenvalue weighted by Crippen LogP contribution is 2.26. The summed E-state index contributed by atoms with van der Waals surface area (Å²) in [4.78, 5) is 5.60. The molecule has 0 fully saturated rings. The first-order valence-corrected chi connectivity index (χ1v) is 6.15. The number of aromatic nitrogens is 1. The standard InChI is InChI=1S/C11H13ClN2S/c1-7(13)2-3-8-6-9-10(15-8)4-5-11(12)14-9/h4-7H,2-3,13H2,1H3/t7-/m0/s1. The van der Waals surface area contributed by atoms with Crippen LogP contribution in [0.15, 0.2) is 18.2 Å². The number of rotatable bonds is 3. The van der Waals surface area contributed by atoms with Crippen LogP contribution in [0.3, 0.4) is 0 Å². The zero-order valence-corrected chi connectivity index (χ0v) is 10.1. The normalized spacial score (nSPS) is 13.3. The van der Waals surface area contributed by atoms with E-state index in [1.807, 2.05) is 19.1 Å². The lowest BCUT2D eigenvalue weighted by Gasteiger charge is -2.00. The molecule has 0 saturated heterocycles. The summed E-state index contributed by atoms with van der Waals surface area (Å²) in [5, 5.41) is 0.555. The fourth-order valence-electron chi connectivity index (χ4n) is 1.44. The first kappa shape index (κ1) is 10.9. The Morgan fingerprint density at radius 2 is 2.33 bits per heavy atom. The van der Waals surface area contributed by atoms with E-state index in [0.717, 1.165) is 18.4 Å². The second kappa shape index (κ2) is 4.47. The highest BCUT2D eigenvalue weighted by atomic mass is 35.5. The maximum atomic E-state index is 5.83. The van der Waals surface area contributed by atoms with Crippen LogP contribution in [-0.4, -0.2) is 11.0 Å². The average Bonchev–Trinajstić information content (AvgIpc) is 2.56. The van der Waals surface area contributed by atoms with E-state index in [-0.39, 0.29) is 6.04 Å². The topological polar surface area (TPSA) is 38.9 Å². The van der Waals surface area contributed by atoms with Crippen LogP contribution in [0.1, 0.15) is 18.2 Å². The van der Waals surface area contributed by atoms with Crippen molar-refractivity contribution in [1.29, 1.82) is 0 Å². The van der Waals surface area contributed by atoms with Crippen molar-refractivity contribution >= 4 is 33.2 Å². The van der Waals surface area contributed by atoms with Gasteiger partial charge in [-0.05, 0) is 38.0 Å². The molecule has 0 bridgehead atoms. The maximum absolute atomic E-state index is 5.83. The van der Waals surface area contributed by atoms with Gasteiger partial charge in [-0.2, -0.15) is 0 Å². The quantitative estimate of drug-likeness (QED) is 0.837. The zero-order valence-electron chi connectivity index (χ0n) is 8.53. The summed E-state index contributed by atoms with van der Waals surface area (Å²) in [6.07, 6.45) is 2.04. The van der Waals surface area contributed by atoms with Crippen LogP contribution in [0.5, 0.6) is 0 Å². The van der Waals surface area contributed by atoms with Gasteiger partial charge in [-0.25, -0.2) is 4.98 Å². The monoisotopic (exact) mass is 240 g/mol. The van der Waals surface area contributed by atoms with Gasteiger partial charge in [-0.1, -0.05) is 11.6 Å². The molecule has 1 atom stereocenters. The Hall–Kier alpha value is -0.640. The van der Waals surface area contributed by atoms with Gasteiger partial charge in [0, 0.05) is 10.9 Å². The van der Waals surface area contributed by atoms with Crippen LogP contribution >= 0.6 is 22.9 Å². The van der Waals surface area contributed by atoms with Crippen LogP contribution in [-0.2, 0) is 6.42 Å². The van der Waals surface area contributed by atoms with Crippen molar-refractivity contribution in [2.75, 3.05) is 0 Å². The summed E-state index contributed by atoms with van der Waals surface area (Å²) in [6, 6.07) is 6.21. The summed E-state index contributed by atoms with van der Waals surface area (Å²) in [5.41, 5.74) is 6.72. The third-order valence-electron chi connectivity index (χ3n) is 2.24. The molecule has 15 heavy (non-hydrogen) atoms. The number of fused-ring (bicyclic) bond motifs is 1. The molecule has 2 N–H and O–H groups in total. The van der Waals surface area contributed by atoms with Crippen LogP contribution < -0.4 is 5.73 Å². The minimum Gasteiger partial charge on any atom is -0.328 e. The molecule has 4 heteroatoms. The minimum absolute atomic E-state index is 0.256. The Balaban J connectivity index is 2.23. The minimum atomic E-state index is 0.256. The molecule has 0 aromatic carbocycles. The third-order valence-corrected chi connectivity index (χ3v) is 3.60. The third kappa shape index (κ3) is 2.68. The van der Waals surface area contributed by atoms with Crippen LogP contribution in [0.25, 0.3) is 10.2 Å². The van der Waals surface area contributed by atoms with Crippen LogP contribution in [0, 0.1) is 0 Å². The Morgan fingerprint density at radius 3 is 3.07 bits per heavy atom. The van der Waals surface area contributed by atoms with E-state index >= 15 is 0 Å². The number of nitrogens with zero attached hydrogens (tertiary/aromatic N) is 1. The van der Waals surface area contributed by atoms with E-state index in [4.69, 9.17) is 17.3 Å². The summed E-state index contributed by atoms with van der Waals surface area (Å²) in [7, 11) is 0. The van der Waals surface area contributed by atoms with Crippen molar-refractivity contribution in [2.24, 2.45) is 5.73 Å². The van der Waals surface area contributed by atoms with E-state index < -0.39 is 0 Å². The van der Waals surface area contributed by atoms with Crippen molar-refractivity contribution in [1.82, 2.24) is 4.98 Å². The molecular weight excluding hydrogens is 228 g/mol. The van der Waals surface area contributed by atoms with Gasteiger partial charge < -0.3 is 5.73 Å². The first-order valence-electron chi connectivity index (χ1n) is 4.95. The van der Waals surface area contributed by atoms with E-state index in [9.17, 15) is 0 Å². The van der Waals surface area contributed by atoms with Crippen molar-refractivity contribution in [3.8, 4) is 0 Å². The van der Waals surface area contributed by atoms with Crippen LogP contribution in [0.4, 0.5) is 0 Å². The SMILES string of the molecule is C[C@H](N)CCc1cc2nc(Cl)ccc2s1. The average molecular weight is 241 g/mol. The summed E-state index contributed by atoms with van der Waals surface area (Å²) >= 11 is 7.60. The highest BCUT2D eigenvalue weighted by molar-refractivity contribution is 7.19. The van der Waals surface area contributed by atoms with E-state index in [1.165, 1.54) is 9.58 Å². The lowest BCUT2D eigenvalue weighted by Crippen LogP contribution is -2.14.